The third-order valence-corrected chi connectivity index (χ3v) is 6.51. The van der Waals surface area contributed by atoms with Crippen LogP contribution < -0.4 is 15.4 Å². The molecule has 36 heavy (non-hydrogen) atoms. The van der Waals surface area contributed by atoms with Gasteiger partial charge in [0, 0.05) is 36.8 Å². The molecule has 4 rings (SSSR count). The van der Waals surface area contributed by atoms with Crippen molar-refractivity contribution in [3.05, 3.63) is 87.3 Å². The summed E-state index contributed by atoms with van der Waals surface area (Å²) in [5.74, 6) is -1.12. The normalized spacial score (nSPS) is 18.5. The maximum absolute atomic E-state index is 15.2. The molecule has 2 atom stereocenters. The average Bonchev–Trinajstić information content (AvgIpc) is 2.88. The van der Waals surface area contributed by atoms with Gasteiger partial charge in [0.2, 0.25) is 5.91 Å². The van der Waals surface area contributed by atoms with Gasteiger partial charge < -0.3 is 15.2 Å². The highest BCUT2D eigenvalue weighted by atomic mass is 35.5. The van der Waals surface area contributed by atoms with Gasteiger partial charge in [-0.25, -0.2) is 9.37 Å². The number of nitrogens with one attached hydrogen (secondary N) is 2. The van der Waals surface area contributed by atoms with E-state index < -0.39 is 30.4 Å². The molecule has 3 aromatic rings. The number of hydrogen-bond acceptors (Lipinski definition) is 6. The molecule has 0 saturated heterocycles. The monoisotopic (exact) mass is 532 g/mol. The fraction of sp³-hybridized carbons (Fsp3) is 0.308. The second-order valence-electron chi connectivity index (χ2n) is 8.47. The van der Waals surface area contributed by atoms with Crippen molar-refractivity contribution >= 4 is 34.9 Å². The molecule has 1 aliphatic heterocycles. The molecule has 10 heteroatoms. The first-order valence-corrected chi connectivity index (χ1v) is 12.3. The smallest absolute Gasteiger partial charge is 0.234 e. The standard InChI is InChI=1S/C26H27Cl2FN4O3/c1-2-36-18-6-3-5-16(11-18)12-33-13-17-9-10-22(28)31-25(17)32-26(35)23(21(14-33)30-15-34)19-7-4-8-20(27)24(19)29/h3-11,21,23,30,34H,2,12-15H2,1H3,(H,31,32,35). The van der Waals surface area contributed by atoms with Crippen LogP contribution >= 0.6 is 23.2 Å². The van der Waals surface area contributed by atoms with Crippen LogP contribution in [0.3, 0.4) is 0 Å². The fourth-order valence-corrected chi connectivity index (χ4v) is 4.79. The topological polar surface area (TPSA) is 86.7 Å². The van der Waals surface area contributed by atoms with Crippen LogP contribution in [0, 0.1) is 5.82 Å². The summed E-state index contributed by atoms with van der Waals surface area (Å²) in [7, 11) is 0. The summed E-state index contributed by atoms with van der Waals surface area (Å²) < 4.78 is 20.8. The van der Waals surface area contributed by atoms with Gasteiger partial charge in [0.1, 0.15) is 22.5 Å². The lowest BCUT2D eigenvalue weighted by Crippen LogP contribution is -2.47. The number of amides is 1. The maximum Gasteiger partial charge on any atom is 0.234 e. The van der Waals surface area contributed by atoms with Crippen LogP contribution in [0.5, 0.6) is 5.75 Å². The average molecular weight is 533 g/mol. The quantitative estimate of drug-likeness (QED) is 0.305. The minimum atomic E-state index is -1.01. The molecule has 2 aromatic carbocycles. The zero-order valence-corrected chi connectivity index (χ0v) is 21.2. The van der Waals surface area contributed by atoms with Crippen molar-refractivity contribution in [3.8, 4) is 5.75 Å². The lowest BCUT2D eigenvalue weighted by atomic mass is 9.89. The van der Waals surface area contributed by atoms with Gasteiger partial charge in [0.15, 0.2) is 0 Å². The third kappa shape index (κ3) is 6.14. The van der Waals surface area contributed by atoms with Crippen molar-refractivity contribution in [1.29, 1.82) is 0 Å². The molecule has 0 aliphatic carbocycles. The van der Waals surface area contributed by atoms with Gasteiger partial charge in [-0.1, -0.05) is 53.5 Å². The van der Waals surface area contributed by atoms with E-state index >= 15 is 4.39 Å². The predicted molar refractivity (Wildman–Crippen MR) is 138 cm³/mol. The van der Waals surface area contributed by atoms with Crippen LogP contribution in [-0.4, -0.2) is 46.8 Å². The Hall–Kier alpha value is -2.75. The van der Waals surface area contributed by atoms with Gasteiger partial charge in [0.25, 0.3) is 0 Å². The molecule has 190 valence electrons. The Bertz CT molecular complexity index is 1230. The van der Waals surface area contributed by atoms with Crippen LogP contribution in [0.25, 0.3) is 0 Å². The van der Waals surface area contributed by atoms with Crippen molar-refractivity contribution < 1.29 is 19.0 Å². The first kappa shape index (κ1) is 26.3. The van der Waals surface area contributed by atoms with Gasteiger partial charge in [0.05, 0.1) is 24.3 Å². The van der Waals surface area contributed by atoms with E-state index in [0.29, 0.717) is 32.1 Å². The maximum atomic E-state index is 15.2. The molecule has 0 radical (unpaired) electrons. The van der Waals surface area contributed by atoms with Gasteiger partial charge in [-0.2, -0.15) is 0 Å². The van der Waals surface area contributed by atoms with Crippen LogP contribution in [-0.2, 0) is 17.9 Å². The van der Waals surface area contributed by atoms with Crippen LogP contribution in [0.15, 0.2) is 54.6 Å². The number of carbonyl (C=O) groups excluding carboxylic acids is 1. The first-order chi connectivity index (χ1) is 17.4. The molecule has 0 saturated carbocycles. The summed E-state index contributed by atoms with van der Waals surface area (Å²) in [6.45, 7) is 3.31. The largest absolute Gasteiger partial charge is 0.494 e. The van der Waals surface area contributed by atoms with E-state index in [-0.39, 0.29) is 15.7 Å². The summed E-state index contributed by atoms with van der Waals surface area (Å²) in [5, 5.41) is 15.7. The zero-order valence-electron chi connectivity index (χ0n) is 19.7. The van der Waals surface area contributed by atoms with Crippen molar-refractivity contribution in [2.24, 2.45) is 0 Å². The third-order valence-electron chi connectivity index (χ3n) is 6.01. The second-order valence-corrected chi connectivity index (χ2v) is 9.26. The van der Waals surface area contributed by atoms with Gasteiger partial charge >= 0.3 is 0 Å². The number of ether oxygens (including phenoxy) is 1. The van der Waals surface area contributed by atoms with E-state index in [1.807, 2.05) is 37.3 Å². The zero-order chi connectivity index (χ0) is 25.7. The number of anilines is 1. The van der Waals surface area contributed by atoms with Crippen molar-refractivity contribution in [3.63, 3.8) is 0 Å². The van der Waals surface area contributed by atoms with Crippen molar-refractivity contribution in [2.75, 3.05) is 25.2 Å². The molecule has 1 aliphatic rings. The van der Waals surface area contributed by atoms with Gasteiger partial charge in [-0.05, 0) is 36.8 Å². The van der Waals surface area contributed by atoms with E-state index in [4.69, 9.17) is 27.9 Å². The number of carbonyl (C=O) groups is 1. The van der Waals surface area contributed by atoms with E-state index in [0.717, 1.165) is 16.9 Å². The number of pyridine rings is 1. The number of rotatable bonds is 7. The van der Waals surface area contributed by atoms with E-state index in [2.05, 4.69) is 20.5 Å². The molecule has 7 nitrogen and oxygen atoms in total. The molecule has 3 N–H and O–H groups in total. The van der Waals surface area contributed by atoms with Crippen LogP contribution in [0.1, 0.15) is 29.5 Å². The minimum Gasteiger partial charge on any atom is -0.494 e. The Morgan fingerprint density at radius 2 is 2.03 bits per heavy atom. The number of halogens is 3. The van der Waals surface area contributed by atoms with E-state index in [1.165, 1.54) is 12.1 Å². The molecule has 1 aromatic heterocycles. The fourth-order valence-electron chi connectivity index (χ4n) is 4.46. The molecule has 1 amide bonds. The number of aromatic nitrogens is 1. The molecule has 0 fully saturated rings. The number of nitrogens with zero attached hydrogens (tertiary/aromatic N) is 2. The molecular weight excluding hydrogens is 506 g/mol. The predicted octanol–water partition coefficient (Wildman–Crippen LogP) is 4.57. The summed E-state index contributed by atoms with van der Waals surface area (Å²) in [6.07, 6.45) is 0. The summed E-state index contributed by atoms with van der Waals surface area (Å²) in [6, 6.07) is 15.1. The Morgan fingerprint density at radius 3 is 2.81 bits per heavy atom. The Labute approximate surface area is 219 Å². The van der Waals surface area contributed by atoms with Crippen LogP contribution in [0.4, 0.5) is 10.2 Å². The Balaban J connectivity index is 1.78. The summed E-state index contributed by atoms with van der Waals surface area (Å²) in [5.41, 5.74) is 1.87. The highest BCUT2D eigenvalue weighted by Gasteiger charge is 2.35. The highest BCUT2D eigenvalue weighted by Crippen LogP contribution is 2.32. The first-order valence-electron chi connectivity index (χ1n) is 11.6. The second kappa shape index (κ2) is 12.0. The molecule has 0 bridgehead atoms. The molecular formula is C26H27Cl2FN4O3. The summed E-state index contributed by atoms with van der Waals surface area (Å²) in [4.78, 5) is 20.0. The number of benzene rings is 2. The van der Waals surface area contributed by atoms with Crippen LogP contribution in [0.2, 0.25) is 10.2 Å². The highest BCUT2D eigenvalue weighted by molar-refractivity contribution is 6.30. The van der Waals surface area contributed by atoms with E-state index in [9.17, 15) is 9.90 Å². The molecule has 2 unspecified atom stereocenters. The van der Waals surface area contributed by atoms with Gasteiger partial charge in [-0.15, -0.1) is 0 Å². The molecule has 2 heterocycles. The van der Waals surface area contributed by atoms with E-state index in [1.54, 1.807) is 12.1 Å². The lowest BCUT2D eigenvalue weighted by molar-refractivity contribution is -0.118. The molecule has 0 spiro atoms. The van der Waals surface area contributed by atoms with Crippen molar-refractivity contribution in [2.45, 2.75) is 32.0 Å². The number of aliphatic hydroxyl groups is 1. The number of fused-ring (bicyclic) bond motifs is 1. The Kier molecular flexibility index (Phi) is 8.77. The van der Waals surface area contributed by atoms with Crippen molar-refractivity contribution in [1.82, 2.24) is 15.2 Å². The Morgan fingerprint density at radius 1 is 1.22 bits per heavy atom. The minimum absolute atomic E-state index is 0.0888. The number of aliphatic hydroxyl groups excluding tert-OH is 1. The summed E-state index contributed by atoms with van der Waals surface area (Å²) >= 11 is 12.2. The number of hydrogen-bond donors (Lipinski definition) is 3. The van der Waals surface area contributed by atoms with Gasteiger partial charge in [-0.3, -0.25) is 15.0 Å². The SMILES string of the molecule is CCOc1cccc(CN2Cc3ccc(Cl)nc3NC(=O)C(c3cccc(Cl)c3F)C(NCO)C2)c1. The lowest BCUT2D eigenvalue weighted by Gasteiger charge is -2.31.